The standard InChI is InChI=1S/C19H18F5N3O3/c1-10-14(25-6-5-15(10)29-9-19(22,23)24)8-18(2,28)16-26-12-4-3-11(30-17(20)21)7-13(12)27-16/h3-7,17,28H,8-9H2,1-2H3,(H,26,27). The van der Waals surface area contributed by atoms with Crippen LogP contribution in [0.25, 0.3) is 11.0 Å². The Balaban J connectivity index is 1.84. The molecule has 0 bridgehead atoms. The maximum Gasteiger partial charge on any atom is 0.422 e. The van der Waals surface area contributed by atoms with Gasteiger partial charge in [0.15, 0.2) is 6.61 Å². The number of nitrogens with one attached hydrogen (secondary N) is 1. The molecule has 0 saturated heterocycles. The summed E-state index contributed by atoms with van der Waals surface area (Å²) in [5.74, 6) is 0.0698. The lowest BCUT2D eigenvalue weighted by molar-refractivity contribution is -0.153. The third-order valence-electron chi connectivity index (χ3n) is 4.35. The number of pyridine rings is 1. The predicted molar refractivity (Wildman–Crippen MR) is 96.5 cm³/mol. The fourth-order valence-corrected chi connectivity index (χ4v) is 2.88. The molecule has 0 fully saturated rings. The van der Waals surface area contributed by atoms with Gasteiger partial charge in [-0.3, -0.25) is 4.98 Å². The number of ether oxygens (including phenoxy) is 2. The van der Waals surface area contributed by atoms with Gasteiger partial charge in [-0.1, -0.05) is 0 Å². The van der Waals surface area contributed by atoms with Crippen molar-refractivity contribution in [2.75, 3.05) is 6.61 Å². The second kappa shape index (κ2) is 8.05. The Morgan fingerprint density at radius 2 is 1.93 bits per heavy atom. The average molecular weight is 431 g/mol. The van der Waals surface area contributed by atoms with Gasteiger partial charge in [0.05, 0.1) is 16.7 Å². The van der Waals surface area contributed by atoms with E-state index in [2.05, 4.69) is 19.7 Å². The molecular formula is C19H18F5N3O3. The van der Waals surface area contributed by atoms with E-state index in [4.69, 9.17) is 4.74 Å². The largest absolute Gasteiger partial charge is 0.484 e. The molecule has 3 rings (SSSR count). The summed E-state index contributed by atoms with van der Waals surface area (Å²) in [7, 11) is 0. The predicted octanol–water partition coefficient (Wildman–Crippen LogP) is 4.26. The first-order valence-electron chi connectivity index (χ1n) is 8.76. The Hall–Kier alpha value is -2.95. The van der Waals surface area contributed by atoms with E-state index < -0.39 is 25.0 Å². The molecule has 3 aromatic rings. The first-order valence-corrected chi connectivity index (χ1v) is 8.76. The lowest BCUT2D eigenvalue weighted by Crippen LogP contribution is -2.27. The molecule has 0 radical (unpaired) electrons. The smallest absolute Gasteiger partial charge is 0.422 e. The molecule has 0 saturated carbocycles. The molecule has 0 spiro atoms. The second-order valence-corrected chi connectivity index (χ2v) is 6.88. The van der Waals surface area contributed by atoms with Gasteiger partial charge in [0.2, 0.25) is 0 Å². The van der Waals surface area contributed by atoms with Crippen molar-refractivity contribution in [1.82, 2.24) is 15.0 Å². The molecule has 1 atom stereocenters. The molecule has 11 heteroatoms. The van der Waals surface area contributed by atoms with E-state index >= 15 is 0 Å². The fourth-order valence-electron chi connectivity index (χ4n) is 2.88. The van der Waals surface area contributed by atoms with E-state index in [1.54, 1.807) is 0 Å². The van der Waals surface area contributed by atoms with Gasteiger partial charge in [-0.2, -0.15) is 22.0 Å². The minimum absolute atomic E-state index is 0.00604. The number of alkyl halides is 5. The number of aliphatic hydroxyl groups is 1. The number of nitrogens with zero attached hydrogens (tertiary/aromatic N) is 2. The molecule has 2 heterocycles. The third kappa shape index (κ3) is 5.15. The quantitative estimate of drug-likeness (QED) is 0.547. The van der Waals surface area contributed by atoms with Gasteiger partial charge in [0, 0.05) is 24.2 Å². The summed E-state index contributed by atoms with van der Waals surface area (Å²) >= 11 is 0. The number of hydrogen-bond acceptors (Lipinski definition) is 5. The van der Waals surface area contributed by atoms with Crippen LogP contribution in [0.15, 0.2) is 30.5 Å². The zero-order valence-corrected chi connectivity index (χ0v) is 15.9. The molecule has 6 nitrogen and oxygen atoms in total. The lowest BCUT2D eigenvalue weighted by Gasteiger charge is -2.22. The summed E-state index contributed by atoms with van der Waals surface area (Å²) in [6, 6.07) is 5.41. The van der Waals surface area contributed by atoms with Gasteiger partial charge in [0.25, 0.3) is 0 Å². The minimum atomic E-state index is -4.48. The van der Waals surface area contributed by atoms with E-state index in [0.29, 0.717) is 22.3 Å². The van der Waals surface area contributed by atoms with Gasteiger partial charge < -0.3 is 19.6 Å². The van der Waals surface area contributed by atoms with Gasteiger partial charge >= 0.3 is 12.8 Å². The maximum atomic E-state index is 12.4. The van der Waals surface area contributed by atoms with Crippen molar-refractivity contribution in [2.24, 2.45) is 0 Å². The molecule has 2 N–H and O–H groups in total. The number of rotatable bonds is 7. The van der Waals surface area contributed by atoms with Crippen LogP contribution < -0.4 is 9.47 Å². The summed E-state index contributed by atoms with van der Waals surface area (Å²) in [6.07, 6.45) is -3.28. The Morgan fingerprint density at radius 1 is 1.20 bits per heavy atom. The van der Waals surface area contributed by atoms with Gasteiger partial charge in [-0.15, -0.1) is 0 Å². The van der Waals surface area contributed by atoms with Crippen molar-refractivity contribution in [3.63, 3.8) is 0 Å². The van der Waals surface area contributed by atoms with Crippen molar-refractivity contribution in [3.05, 3.63) is 47.5 Å². The molecular weight excluding hydrogens is 413 g/mol. The minimum Gasteiger partial charge on any atom is -0.484 e. The molecule has 162 valence electrons. The molecule has 1 aromatic carbocycles. The summed E-state index contributed by atoms with van der Waals surface area (Å²) in [5.41, 5.74) is -0.120. The molecule has 0 aliphatic carbocycles. The molecule has 0 aliphatic rings. The number of aromatic nitrogens is 3. The molecule has 30 heavy (non-hydrogen) atoms. The Bertz CT molecular complexity index is 1030. The molecule has 0 amide bonds. The Labute approximate surface area is 167 Å². The van der Waals surface area contributed by atoms with Crippen molar-refractivity contribution < 1.29 is 36.5 Å². The van der Waals surface area contributed by atoms with Crippen LogP contribution in [0.5, 0.6) is 11.5 Å². The Morgan fingerprint density at radius 3 is 2.60 bits per heavy atom. The SMILES string of the molecule is Cc1c(OCC(F)(F)F)ccnc1CC(C)(O)c1nc2ccc(OC(F)F)cc2[nH]1. The zero-order valence-electron chi connectivity index (χ0n) is 15.9. The fraction of sp³-hybridized carbons (Fsp3) is 0.368. The van der Waals surface area contributed by atoms with E-state index in [0.717, 1.165) is 0 Å². The van der Waals surface area contributed by atoms with Gasteiger partial charge in [0.1, 0.15) is 22.9 Å². The van der Waals surface area contributed by atoms with Crippen LogP contribution in [-0.4, -0.2) is 39.5 Å². The summed E-state index contributed by atoms with van der Waals surface area (Å²) < 4.78 is 71.2. The number of H-pyrrole nitrogens is 1. The van der Waals surface area contributed by atoms with Crippen molar-refractivity contribution in [3.8, 4) is 11.5 Å². The molecule has 1 unspecified atom stereocenters. The number of fused-ring (bicyclic) bond motifs is 1. The normalized spacial score (nSPS) is 14.2. The van der Waals surface area contributed by atoms with Crippen molar-refractivity contribution in [1.29, 1.82) is 0 Å². The van der Waals surface area contributed by atoms with E-state index in [-0.39, 0.29) is 23.7 Å². The Kier molecular flexibility index (Phi) is 5.84. The first-order chi connectivity index (χ1) is 13.9. The van der Waals surface area contributed by atoms with Crippen LogP contribution in [-0.2, 0) is 12.0 Å². The van der Waals surface area contributed by atoms with Crippen molar-refractivity contribution >= 4 is 11.0 Å². The summed E-state index contributed by atoms with van der Waals surface area (Å²) in [5, 5.41) is 10.9. The van der Waals surface area contributed by atoms with E-state index in [9.17, 15) is 27.1 Å². The third-order valence-corrected chi connectivity index (χ3v) is 4.35. The lowest BCUT2D eigenvalue weighted by atomic mass is 9.96. The highest BCUT2D eigenvalue weighted by Crippen LogP contribution is 2.30. The van der Waals surface area contributed by atoms with Crippen LogP contribution >= 0.6 is 0 Å². The van der Waals surface area contributed by atoms with E-state index in [1.165, 1.54) is 44.3 Å². The zero-order chi connectivity index (χ0) is 22.1. The van der Waals surface area contributed by atoms with Gasteiger partial charge in [-0.25, -0.2) is 4.98 Å². The average Bonchev–Trinajstić information content (AvgIpc) is 3.05. The second-order valence-electron chi connectivity index (χ2n) is 6.88. The van der Waals surface area contributed by atoms with Gasteiger partial charge in [-0.05, 0) is 32.0 Å². The summed E-state index contributed by atoms with van der Waals surface area (Å²) in [4.78, 5) is 11.2. The number of aromatic amines is 1. The number of halogens is 5. The number of benzene rings is 1. The topological polar surface area (TPSA) is 80.3 Å². The van der Waals surface area contributed by atoms with Crippen LogP contribution in [0.4, 0.5) is 22.0 Å². The van der Waals surface area contributed by atoms with Crippen LogP contribution in [0, 0.1) is 6.92 Å². The van der Waals surface area contributed by atoms with Crippen LogP contribution in [0.3, 0.4) is 0 Å². The van der Waals surface area contributed by atoms with E-state index in [1.807, 2.05) is 0 Å². The molecule has 0 aliphatic heterocycles. The van der Waals surface area contributed by atoms with Crippen LogP contribution in [0.2, 0.25) is 0 Å². The summed E-state index contributed by atoms with van der Waals surface area (Å²) in [6.45, 7) is -1.43. The highest BCUT2D eigenvalue weighted by molar-refractivity contribution is 5.77. The monoisotopic (exact) mass is 431 g/mol. The van der Waals surface area contributed by atoms with Crippen molar-refractivity contribution in [2.45, 2.75) is 38.7 Å². The first kappa shape index (κ1) is 21.8. The number of hydrogen-bond donors (Lipinski definition) is 2. The number of imidazole rings is 1. The highest BCUT2D eigenvalue weighted by Gasteiger charge is 2.31. The maximum absolute atomic E-state index is 12.4. The molecule has 2 aromatic heterocycles. The highest BCUT2D eigenvalue weighted by atomic mass is 19.4. The van der Waals surface area contributed by atoms with Crippen LogP contribution in [0.1, 0.15) is 24.0 Å².